The first-order chi connectivity index (χ1) is 11.1. The highest BCUT2D eigenvalue weighted by Gasteiger charge is 2.38. The number of hydrogen-bond donors (Lipinski definition) is 1. The summed E-state index contributed by atoms with van der Waals surface area (Å²) in [5, 5.41) is 0.846. The maximum atomic E-state index is 12.9. The van der Waals surface area contributed by atoms with E-state index < -0.39 is 11.9 Å². The molecule has 2 N–H and O–H groups in total. The summed E-state index contributed by atoms with van der Waals surface area (Å²) >= 11 is 0. The Bertz CT molecular complexity index is 896. The number of carbonyl (C=O) groups is 2. The molecule has 3 aromatic rings. The van der Waals surface area contributed by atoms with E-state index in [1.807, 2.05) is 42.5 Å². The minimum absolute atomic E-state index is 0.203. The van der Waals surface area contributed by atoms with Gasteiger partial charge in [-0.25, -0.2) is 0 Å². The molecule has 1 atom stereocenters. The number of nitrogens with zero attached hydrogens (tertiary/aromatic N) is 1. The Kier molecular flexibility index (Phi) is 2.94. The number of nitrogens with two attached hydrogens (primary N) is 1. The van der Waals surface area contributed by atoms with Crippen molar-refractivity contribution >= 4 is 28.5 Å². The van der Waals surface area contributed by atoms with Crippen molar-refractivity contribution in [2.24, 2.45) is 5.73 Å². The van der Waals surface area contributed by atoms with Crippen molar-refractivity contribution in [1.82, 2.24) is 0 Å². The second kappa shape index (κ2) is 4.98. The summed E-state index contributed by atoms with van der Waals surface area (Å²) in [5.41, 5.74) is 7.77. The summed E-state index contributed by atoms with van der Waals surface area (Å²) in [6.07, 6.45) is 0.428. The Balaban J connectivity index is 1.80. The van der Waals surface area contributed by atoms with E-state index in [-0.39, 0.29) is 11.7 Å². The Labute approximate surface area is 132 Å². The monoisotopic (exact) mass is 306 g/mol. The van der Waals surface area contributed by atoms with E-state index in [1.165, 1.54) is 4.90 Å². The van der Waals surface area contributed by atoms with Crippen molar-refractivity contribution in [2.45, 2.75) is 12.5 Å². The number of primary amides is 1. The summed E-state index contributed by atoms with van der Waals surface area (Å²) in [4.78, 5) is 26.1. The lowest BCUT2D eigenvalue weighted by Gasteiger charge is -2.22. The molecule has 0 saturated carbocycles. The number of fused-ring (bicyclic) bond motifs is 2. The van der Waals surface area contributed by atoms with Crippen LogP contribution in [0.4, 0.5) is 5.69 Å². The predicted octanol–water partition coefficient (Wildman–Crippen LogP) is 2.49. The molecule has 2 heterocycles. The van der Waals surface area contributed by atoms with Crippen molar-refractivity contribution in [2.75, 3.05) is 4.90 Å². The van der Waals surface area contributed by atoms with Gasteiger partial charge in [-0.1, -0.05) is 36.4 Å². The molecule has 0 unspecified atom stereocenters. The van der Waals surface area contributed by atoms with E-state index in [1.54, 1.807) is 12.1 Å². The largest absolute Gasteiger partial charge is 0.451 e. The van der Waals surface area contributed by atoms with Crippen molar-refractivity contribution < 1.29 is 14.0 Å². The van der Waals surface area contributed by atoms with Gasteiger partial charge in [-0.05, 0) is 23.8 Å². The molecule has 23 heavy (non-hydrogen) atoms. The molecule has 2 aromatic carbocycles. The van der Waals surface area contributed by atoms with Crippen LogP contribution in [0.2, 0.25) is 0 Å². The van der Waals surface area contributed by atoms with Gasteiger partial charge in [-0.2, -0.15) is 0 Å². The highest BCUT2D eigenvalue weighted by Crippen LogP contribution is 2.34. The smallest absolute Gasteiger partial charge is 0.294 e. The molecule has 5 heteroatoms. The average molecular weight is 306 g/mol. The fourth-order valence-electron chi connectivity index (χ4n) is 3.07. The molecule has 0 aliphatic carbocycles. The van der Waals surface area contributed by atoms with Gasteiger partial charge in [0, 0.05) is 17.5 Å². The fourth-order valence-corrected chi connectivity index (χ4v) is 3.07. The molecule has 1 aromatic heterocycles. The van der Waals surface area contributed by atoms with Crippen LogP contribution in [-0.2, 0) is 11.2 Å². The van der Waals surface area contributed by atoms with Crippen LogP contribution >= 0.6 is 0 Å². The molecular formula is C18H14N2O3. The number of anilines is 1. The topological polar surface area (TPSA) is 76.5 Å². The van der Waals surface area contributed by atoms with E-state index in [0.29, 0.717) is 17.7 Å². The van der Waals surface area contributed by atoms with Crippen molar-refractivity contribution in [3.8, 4) is 0 Å². The number of hydrogen-bond acceptors (Lipinski definition) is 3. The molecule has 1 aliphatic rings. The lowest BCUT2D eigenvalue weighted by molar-refractivity contribution is -0.119. The molecular weight excluding hydrogens is 292 g/mol. The summed E-state index contributed by atoms with van der Waals surface area (Å²) < 4.78 is 5.64. The van der Waals surface area contributed by atoms with E-state index in [4.69, 9.17) is 10.2 Å². The Morgan fingerprint density at radius 3 is 2.61 bits per heavy atom. The van der Waals surface area contributed by atoms with Gasteiger partial charge in [-0.15, -0.1) is 0 Å². The van der Waals surface area contributed by atoms with E-state index >= 15 is 0 Å². The summed E-state index contributed by atoms with van der Waals surface area (Å²) in [6, 6.07) is 15.8. The number of para-hydroxylation sites is 2. The lowest BCUT2D eigenvalue weighted by Crippen LogP contribution is -2.46. The summed E-state index contributed by atoms with van der Waals surface area (Å²) in [6.45, 7) is 0. The zero-order chi connectivity index (χ0) is 16.0. The van der Waals surface area contributed by atoms with Gasteiger partial charge in [0.1, 0.15) is 11.6 Å². The van der Waals surface area contributed by atoms with Crippen LogP contribution in [0, 0.1) is 0 Å². The molecule has 0 spiro atoms. The third-order valence-corrected chi connectivity index (χ3v) is 4.16. The Morgan fingerprint density at radius 2 is 1.83 bits per heavy atom. The minimum atomic E-state index is -0.687. The van der Waals surface area contributed by atoms with Gasteiger partial charge < -0.3 is 10.2 Å². The van der Waals surface area contributed by atoms with Crippen molar-refractivity contribution in [3.63, 3.8) is 0 Å². The first kappa shape index (κ1) is 13.6. The highest BCUT2D eigenvalue weighted by atomic mass is 16.3. The molecule has 2 amide bonds. The summed E-state index contributed by atoms with van der Waals surface area (Å²) in [7, 11) is 0. The number of carbonyl (C=O) groups excluding carboxylic acids is 2. The van der Waals surface area contributed by atoms with Gasteiger partial charge in [0.05, 0.1) is 0 Å². The second-order valence-corrected chi connectivity index (χ2v) is 5.57. The number of rotatable bonds is 2. The second-order valence-electron chi connectivity index (χ2n) is 5.57. The van der Waals surface area contributed by atoms with E-state index in [0.717, 1.165) is 10.9 Å². The molecule has 1 aliphatic heterocycles. The quantitative estimate of drug-likeness (QED) is 0.790. The maximum absolute atomic E-state index is 12.9. The van der Waals surface area contributed by atoms with Crippen LogP contribution in [0.15, 0.2) is 59.0 Å². The fraction of sp³-hybridized carbons (Fsp3) is 0.111. The molecule has 0 fully saturated rings. The maximum Gasteiger partial charge on any atom is 0.294 e. The number of benzene rings is 2. The minimum Gasteiger partial charge on any atom is -0.451 e. The van der Waals surface area contributed by atoms with Gasteiger partial charge in [0.15, 0.2) is 5.76 Å². The van der Waals surface area contributed by atoms with E-state index in [9.17, 15) is 9.59 Å². The standard InChI is InChI=1S/C18H14N2O3/c19-17(21)14-9-11-5-1-3-7-13(11)20(14)18(22)16-10-12-6-2-4-8-15(12)23-16/h1-8,10,14H,9H2,(H2,19,21)/t14-/m1/s1. The Hall–Kier alpha value is -3.08. The first-order valence-corrected chi connectivity index (χ1v) is 7.34. The molecule has 0 radical (unpaired) electrons. The van der Waals surface area contributed by atoms with Crippen molar-refractivity contribution in [1.29, 1.82) is 0 Å². The normalized spacial score (nSPS) is 16.5. The van der Waals surface area contributed by atoms with Gasteiger partial charge in [-0.3, -0.25) is 14.5 Å². The zero-order valence-electron chi connectivity index (χ0n) is 12.2. The third kappa shape index (κ3) is 2.09. The third-order valence-electron chi connectivity index (χ3n) is 4.16. The van der Waals surface area contributed by atoms with E-state index in [2.05, 4.69) is 0 Å². The lowest BCUT2D eigenvalue weighted by atomic mass is 10.1. The molecule has 4 rings (SSSR count). The van der Waals surface area contributed by atoms with Gasteiger partial charge >= 0.3 is 0 Å². The van der Waals surface area contributed by atoms with Crippen molar-refractivity contribution in [3.05, 3.63) is 65.9 Å². The number of furan rings is 1. The van der Waals surface area contributed by atoms with Crippen LogP contribution in [0.5, 0.6) is 0 Å². The predicted molar refractivity (Wildman–Crippen MR) is 86.2 cm³/mol. The van der Waals surface area contributed by atoms with Gasteiger partial charge in [0.2, 0.25) is 5.91 Å². The van der Waals surface area contributed by atoms with Crippen LogP contribution in [-0.4, -0.2) is 17.9 Å². The van der Waals surface area contributed by atoms with Crippen LogP contribution < -0.4 is 10.6 Å². The Morgan fingerprint density at radius 1 is 1.09 bits per heavy atom. The number of amides is 2. The summed E-state index contributed by atoms with van der Waals surface area (Å²) in [5.74, 6) is -0.672. The van der Waals surface area contributed by atoms with Gasteiger partial charge in [0.25, 0.3) is 5.91 Å². The SMILES string of the molecule is NC(=O)[C@H]1Cc2ccccc2N1C(=O)c1cc2ccccc2o1. The molecule has 0 bridgehead atoms. The molecule has 0 saturated heterocycles. The van der Waals surface area contributed by atoms with Crippen LogP contribution in [0.3, 0.4) is 0 Å². The average Bonchev–Trinajstić information content (AvgIpc) is 3.15. The zero-order valence-corrected chi connectivity index (χ0v) is 12.2. The van der Waals surface area contributed by atoms with Crippen LogP contribution in [0.1, 0.15) is 16.1 Å². The first-order valence-electron chi connectivity index (χ1n) is 7.34. The van der Waals surface area contributed by atoms with Crippen LogP contribution in [0.25, 0.3) is 11.0 Å². The molecule has 5 nitrogen and oxygen atoms in total. The molecule has 114 valence electrons. The highest BCUT2D eigenvalue weighted by molar-refractivity contribution is 6.11.